The number of hydrogen-bond acceptors (Lipinski definition) is 3. The Morgan fingerprint density at radius 1 is 1.53 bits per heavy atom. The lowest BCUT2D eigenvalue weighted by atomic mass is 10.1. The van der Waals surface area contributed by atoms with Crippen LogP contribution >= 0.6 is 0 Å². The SMILES string of the molecule is CCN1CCCC1CNC(=O)c1cc(N)cc(F)c1. The van der Waals surface area contributed by atoms with Gasteiger partial charge in [-0.3, -0.25) is 9.69 Å². The maximum atomic E-state index is 13.2. The van der Waals surface area contributed by atoms with Gasteiger partial charge >= 0.3 is 0 Å². The topological polar surface area (TPSA) is 58.4 Å². The number of anilines is 1. The Kier molecular flexibility index (Phi) is 4.37. The highest BCUT2D eigenvalue weighted by molar-refractivity contribution is 5.95. The molecule has 1 aromatic rings. The number of nitrogens with one attached hydrogen (secondary N) is 1. The summed E-state index contributed by atoms with van der Waals surface area (Å²) in [6.07, 6.45) is 2.26. The van der Waals surface area contributed by atoms with E-state index < -0.39 is 5.82 Å². The van der Waals surface area contributed by atoms with E-state index in [1.165, 1.54) is 24.6 Å². The van der Waals surface area contributed by atoms with E-state index in [2.05, 4.69) is 17.1 Å². The molecule has 0 aliphatic carbocycles. The number of nitrogens with zero attached hydrogens (tertiary/aromatic N) is 1. The molecule has 1 amide bonds. The minimum atomic E-state index is -0.485. The predicted octanol–water partition coefficient (Wildman–Crippen LogP) is 1.62. The number of nitrogens with two attached hydrogens (primary N) is 1. The second-order valence-corrected chi connectivity index (χ2v) is 4.91. The standard InChI is InChI=1S/C14H20FN3O/c1-2-18-5-3-4-13(18)9-17-14(19)10-6-11(15)8-12(16)7-10/h6-8,13H,2-5,9,16H2,1H3,(H,17,19). The number of carbonyl (C=O) groups excluding carboxylic acids is 1. The van der Waals surface area contributed by atoms with Crippen molar-refractivity contribution in [3.05, 3.63) is 29.6 Å². The summed E-state index contributed by atoms with van der Waals surface area (Å²) in [4.78, 5) is 14.3. The van der Waals surface area contributed by atoms with Crippen LogP contribution in [0.15, 0.2) is 18.2 Å². The molecule has 0 saturated carbocycles. The summed E-state index contributed by atoms with van der Waals surface area (Å²) in [7, 11) is 0. The third-order valence-corrected chi connectivity index (χ3v) is 3.59. The molecule has 104 valence electrons. The second kappa shape index (κ2) is 6.02. The molecule has 1 fully saturated rings. The molecule has 0 spiro atoms. The first-order valence-corrected chi connectivity index (χ1v) is 6.68. The van der Waals surface area contributed by atoms with Crippen LogP contribution in [0.5, 0.6) is 0 Å². The van der Waals surface area contributed by atoms with Crippen molar-refractivity contribution in [1.82, 2.24) is 10.2 Å². The number of benzene rings is 1. The van der Waals surface area contributed by atoms with E-state index in [9.17, 15) is 9.18 Å². The minimum Gasteiger partial charge on any atom is -0.399 e. The van der Waals surface area contributed by atoms with Crippen molar-refractivity contribution in [2.45, 2.75) is 25.8 Å². The minimum absolute atomic E-state index is 0.265. The maximum absolute atomic E-state index is 13.2. The Balaban J connectivity index is 1.94. The third-order valence-electron chi connectivity index (χ3n) is 3.59. The number of likely N-dealkylation sites (tertiary alicyclic amines) is 1. The van der Waals surface area contributed by atoms with Gasteiger partial charge in [0.25, 0.3) is 5.91 Å². The van der Waals surface area contributed by atoms with Gasteiger partial charge in [0.15, 0.2) is 0 Å². The Morgan fingerprint density at radius 2 is 2.32 bits per heavy atom. The first-order valence-electron chi connectivity index (χ1n) is 6.68. The highest BCUT2D eigenvalue weighted by atomic mass is 19.1. The van der Waals surface area contributed by atoms with Crippen molar-refractivity contribution in [2.24, 2.45) is 0 Å². The van der Waals surface area contributed by atoms with Gasteiger partial charge in [-0.1, -0.05) is 6.92 Å². The molecule has 0 aromatic heterocycles. The zero-order chi connectivity index (χ0) is 13.8. The normalized spacial score (nSPS) is 19.6. The summed E-state index contributed by atoms with van der Waals surface area (Å²) in [6.45, 7) is 4.80. The van der Waals surface area contributed by atoms with E-state index in [0.717, 1.165) is 19.5 Å². The molecule has 3 N–H and O–H groups in total. The van der Waals surface area contributed by atoms with Crippen LogP contribution in [0.2, 0.25) is 0 Å². The van der Waals surface area contributed by atoms with Crippen LogP contribution in [0.25, 0.3) is 0 Å². The average molecular weight is 265 g/mol. The highest BCUT2D eigenvalue weighted by Crippen LogP contribution is 2.16. The summed E-state index contributed by atoms with van der Waals surface area (Å²) in [6, 6.07) is 4.29. The molecule has 1 heterocycles. The molecule has 1 saturated heterocycles. The monoisotopic (exact) mass is 265 g/mol. The van der Waals surface area contributed by atoms with Crippen molar-refractivity contribution in [2.75, 3.05) is 25.4 Å². The predicted molar refractivity (Wildman–Crippen MR) is 73.4 cm³/mol. The van der Waals surface area contributed by atoms with Gasteiger partial charge in [-0.15, -0.1) is 0 Å². The van der Waals surface area contributed by atoms with Crippen LogP contribution < -0.4 is 11.1 Å². The fourth-order valence-electron chi connectivity index (χ4n) is 2.60. The van der Waals surface area contributed by atoms with Crippen LogP contribution in [0.1, 0.15) is 30.1 Å². The Bertz CT molecular complexity index is 444. The van der Waals surface area contributed by atoms with Gasteiger partial charge in [-0.25, -0.2) is 4.39 Å². The van der Waals surface area contributed by atoms with Crippen molar-refractivity contribution in [3.8, 4) is 0 Å². The maximum Gasteiger partial charge on any atom is 0.251 e. The van der Waals surface area contributed by atoms with Gasteiger partial charge in [0.2, 0.25) is 0 Å². The van der Waals surface area contributed by atoms with Crippen molar-refractivity contribution in [1.29, 1.82) is 0 Å². The average Bonchev–Trinajstić information content (AvgIpc) is 2.82. The van der Waals surface area contributed by atoms with Gasteiger partial charge in [-0.05, 0) is 44.1 Å². The smallest absolute Gasteiger partial charge is 0.251 e. The molecule has 1 unspecified atom stereocenters. The fourth-order valence-corrected chi connectivity index (χ4v) is 2.60. The van der Waals surface area contributed by atoms with E-state index in [-0.39, 0.29) is 17.2 Å². The zero-order valence-corrected chi connectivity index (χ0v) is 11.2. The van der Waals surface area contributed by atoms with Gasteiger partial charge in [-0.2, -0.15) is 0 Å². The van der Waals surface area contributed by atoms with E-state index in [1.807, 2.05) is 0 Å². The molecule has 1 atom stereocenters. The molecule has 1 aliphatic heterocycles. The second-order valence-electron chi connectivity index (χ2n) is 4.91. The largest absolute Gasteiger partial charge is 0.399 e. The number of carbonyl (C=O) groups is 1. The number of likely N-dealkylation sites (N-methyl/N-ethyl adjacent to an activating group) is 1. The quantitative estimate of drug-likeness (QED) is 0.813. The lowest BCUT2D eigenvalue weighted by Crippen LogP contribution is -2.40. The molecule has 1 aliphatic rings. The fraction of sp³-hybridized carbons (Fsp3) is 0.500. The van der Waals surface area contributed by atoms with Gasteiger partial charge in [0, 0.05) is 23.8 Å². The molecule has 19 heavy (non-hydrogen) atoms. The van der Waals surface area contributed by atoms with Crippen LogP contribution in [0.3, 0.4) is 0 Å². The lowest BCUT2D eigenvalue weighted by Gasteiger charge is -2.22. The third kappa shape index (κ3) is 3.44. The van der Waals surface area contributed by atoms with Crippen molar-refractivity contribution >= 4 is 11.6 Å². The molecule has 2 rings (SSSR count). The first kappa shape index (κ1) is 13.8. The molecule has 1 aromatic carbocycles. The first-order chi connectivity index (χ1) is 9.10. The molecule has 5 heteroatoms. The van der Waals surface area contributed by atoms with Crippen LogP contribution in [-0.4, -0.2) is 36.5 Å². The van der Waals surface area contributed by atoms with E-state index in [1.54, 1.807) is 0 Å². The Labute approximate surface area is 112 Å². The zero-order valence-electron chi connectivity index (χ0n) is 11.2. The summed E-state index contributed by atoms with van der Waals surface area (Å²) in [5, 5.41) is 2.86. The molecule has 4 nitrogen and oxygen atoms in total. The van der Waals surface area contributed by atoms with E-state index >= 15 is 0 Å². The number of halogens is 1. The molecular formula is C14H20FN3O. The number of rotatable bonds is 4. The lowest BCUT2D eigenvalue weighted by molar-refractivity contribution is 0.0941. The summed E-state index contributed by atoms with van der Waals surface area (Å²) >= 11 is 0. The number of hydrogen-bond donors (Lipinski definition) is 2. The van der Waals surface area contributed by atoms with Crippen molar-refractivity contribution in [3.63, 3.8) is 0 Å². The molecular weight excluding hydrogens is 245 g/mol. The molecule has 0 radical (unpaired) electrons. The van der Waals surface area contributed by atoms with E-state index in [4.69, 9.17) is 5.73 Å². The van der Waals surface area contributed by atoms with Crippen LogP contribution in [0, 0.1) is 5.82 Å². The summed E-state index contributed by atoms with van der Waals surface area (Å²) in [5.41, 5.74) is 6.07. The number of nitrogen functional groups attached to an aromatic ring is 1. The molecule has 0 bridgehead atoms. The van der Waals surface area contributed by atoms with Crippen LogP contribution in [0.4, 0.5) is 10.1 Å². The van der Waals surface area contributed by atoms with Gasteiger partial charge < -0.3 is 11.1 Å². The highest BCUT2D eigenvalue weighted by Gasteiger charge is 2.23. The Hall–Kier alpha value is -1.62. The summed E-state index contributed by atoms with van der Waals surface area (Å²) in [5.74, 6) is -0.754. The van der Waals surface area contributed by atoms with Crippen LogP contribution in [-0.2, 0) is 0 Å². The summed E-state index contributed by atoms with van der Waals surface area (Å²) < 4.78 is 13.2. The van der Waals surface area contributed by atoms with Gasteiger partial charge in [0.05, 0.1) is 0 Å². The Morgan fingerprint density at radius 3 is 3.00 bits per heavy atom. The number of amides is 1. The van der Waals surface area contributed by atoms with Gasteiger partial charge in [0.1, 0.15) is 5.82 Å². The van der Waals surface area contributed by atoms with Crippen molar-refractivity contribution < 1.29 is 9.18 Å². The van der Waals surface area contributed by atoms with E-state index in [0.29, 0.717) is 12.6 Å².